The molecule has 0 radical (unpaired) electrons. The van der Waals surface area contributed by atoms with E-state index in [1.54, 1.807) is 13.8 Å². The molecule has 0 amide bonds. The van der Waals surface area contributed by atoms with Crippen molar-refractivity contribution >= 4 is 6.29 Å². The summed E-state index contributed by atoms with van der Waals surface area (Å²) in [7, 11) is 0. The zero-order valence-electron chi connectivity index (χ0n) is 11.6. The van der Waals surface area contributed by atoms with Crippen LogP contribution in [0.3, 0.4) is 0 Å². The molecule has 0 aromatic heterocycles. The topological polar surface area (TPSA) is 74.2 Å². The van der Waals surface area contributed by atoms with Crippen LogP contribution in [-0.4, -0.2) is 54.5 Å². The van der Waals surface area contributed by atoms with E-state index in [1.165, 1.54) is 0 Å². The molecule has 0 aromatic carbocycles. The number of aliphatic hydroxyl groups is 1. The molecule has 19 heavy (non-hydrogen) atoms. The molecule has 6 heteroatoms. The standard InChI is InChI=1S/C13H22O6/c1-4-5-6-16-10-9(15)8(7-14)17-12-11(10)18-13(2,3)19-12/h7-12,15H,4-6H2,1-3H3/t8?,9-,10?,11?,12+/m1/s1. The summed E-state index contributed by atoms with van der Waals surface area (Å²) in [5, 5.41) is 10.1. The van der Waals surface area contributed by atoms with Crippen LogP contribution >= 0.6 is 0 Å². The highest BCUT2D eigenvalue weighted by molar-refractivity contribution is 5.57. The third-order valence-corrected chi connectivity index (χ3v) is 3.32. The molecule has 5 atom stereocenters. The Kier molecular flexibility index (Phi) is 4.58. The van der Waals surface area contributed by atoms with Crippen molar-refractivity contribution in [2.75, 3.05) is 6.61 Å². The Morgan fingerprint density at radius 2 is 2.11 bits per heavy atom. The van der Waals surface area contributed by atoms with Crippen LogP contribution in [-0.2, 0) is 23.7 Å². The molecule has 2 heterocycles. The Morgan fingerprint density at radius 3 is 2.74 bits per heavy atom. The number of carbonyl (C=O) groups is 1. The van der Waals surface area contributed by atoms with E-state index in [4.69, 9.17) is 18.9 Å². The summed E-state index contributed by atoms with van der Waals surface area (Å²) in [4.78, 5) is 11.0. The van der Waals surface area contributed by atoms with E-state index in [2.05, 4.69) is 6.92 Å². The maximum Gasteiger partial charge on any atom is 0.190 e. The lowest BCUT2D eigenvalue weighted by molar-refractivity contribution is -0.249. The molecule has 2 saturated heterocycles. The third-order valence-electron chi connectivity index (χ3n) is 3.32. The highest BCUT2D eigenvalue weighted by Crippen LogP contribution is 2.37. The van der Waals surface area contributed by atoms with Gasteiger partial charge in [0.2, 0.25) is 0 Å². The van der Waals surface area contributed by atoms with Gasteiger partial charge in [-0.25, -0.2) is 0 Å². The predicted molar refractivity (Wildman–Crippen MR) is 65.4 cm³/mol. The van der Waals surface area contributed by atoms with Crippen LogP contribution in [0.4, 0.5) is 0 Å². The van der Waals surface area contributed by atoms with Crippen LogP contribution < -0.4 is 0 Å². The number of hydrogen-bond acceptors (Lipinski definition) is 6. The first-order valence-electron chi connectivity index (χ1n) is 6.74. The summed E-state index contributed by atoms with van der Waals surface area (Å²) in [5.74, 6) is -0.806. The van der Waals surface area contributed by atoms with Crippen LogP contribution in [0.2, 0.25) is 0 Å². The van der Waals surface area contributed by atoms with Crippen molar-refractivity contribution in [3.8, 4) is 0 Å². The van der Waals surface area contributed by atoms with Gasteiger partial charge in [0.1, 0.15) is 24.4 Å². The number of aliphatic hydroxyl groups excluding tert-OH is 1. The third kappa shape index (κ3) is 3.14. The highest BCUT2D eigenvalue weighted by Gasteiger charge is 2.54. The largest absolute Gasteiger partial charge is 0.387 e. The second-order valence-electron chi connectivity index (χ2n) is 5.38. The van der Waals surface area contributed by atoms with Gasteiger partial charge in [0.05, 0.1) is 0 Å². The lowest BCUT2D eigenvalue weighted by Gasteiger charge is -2.38. The molecule has 0 aromatic rings. The van der Waals surface area contributed by atoms with E-state index >= 15 is 0 Å². The second kappa shape index (κ2) is 5.85. The fourth-order valence-electron chi connectivity index (χ4n) is 2.37. The monoisotopic (exact) mass is 274 g/mol. The van der Waals surface area contributed by atoms with Gasteiger partial charge >= 0.3 is 0 Å². The van der Waals surface area contributed by atoms with Gasteiger partial charge in [0.15, 0.2) is 18.4 Å². The molecular weight excluding hydrogens is 252 g/mol. The lowest BCUT2D eigenvalue weighted by atomic mass is 9.99. The number of aldehydes is 1. The number of unbranched alkanes of at least 4 members (excludes halogenated alkanes) is 1. The Labute approximate surface area is 113 Å². The van der Waals surface area contributed by atoms with Crippen LogP contribution in [0.1, 0.15) is 33.6 Å². The van der Waals surface area contributed by atoms with E-state index in [0.29, 0.717) is 12.9 Å². The predicted octanol–water partition coefficient (Wildman–Crippen LogP) is 0.608. The minimum Gasteiger partial charge on any atom is -0.387 e. The zero-order chi connectivity index (χ0) is 14.0. The molecule has 0 aliphatic carbocycles. The second-order valence-corrected chi connectivity index (χ2v) is 5.38. The normalized spacial score (nSPS) is 40.9. The van der Waals surface area contributed by atoms with Crippen LogP contribution in [0, 0.1) is 0 Å². The average molecular weight is 274 g/mol. The summed E-state index contributed by atoms with van der Waals surface area (Å²) < 4.78 is 22.4. The molecule has 1 N–H and O–H groups in total. The number of ether oxygens (including phenoxy) is 4. The molecule has 2 aliphatic rings. The van der Waals surface area contributed by atoms with Crippen molar-refractivity contribution in [3.05, 3.63) is 0 Å². The van der Waals surface area contributed by atoms with Crippen molar-refractivity contribution in [1.82, 2.24) is 0 Å². The number of fused-ring (bicyclic) bond motifs is 1. The molecule has 2 rings (SSSR count). The van der Waals surface area contributed by atoms with Gasteiger partial charge in [-0.2, -0.15) is 0 Å². The van der Waals surface area contributed by atoms with Gasteiger partial charge in [0, 0.05) is 6.61 Å². The van der Waals surface area contributed by atoms with Crippen LogP contribution in [0.25, 0.3) is 0 Å². The summed E-state index contributed by atoms with van der Waals surface area (Å²) in [6.07, 6.45) is -1.32. The molecule has 110 valence electrons. The van der Waals surface area contributed by atoms with Crippen molar-refractivity contribution in [2.24, 2.45) is 0 Å². The quantitative estimate of drug-likeness (QED) is 0.585. The van der Waals surface area contributed by atoms with Gasteiger partial charge in [0.25, 0.3) is 0 Å². The molecule has 3 unspecified atom stereocenters. The van der Waals surface area contributed by atoms with Crippen LogP contribution in [0.5, 0.6) is 0 Å². The minimum atomic E-state index is -1.03. The minimum absolute atomic E-state index is 0.511. The molecule has 2 fully saturated rings. The van der Waals surface area contributed by atoms with E-state index in [1.807, 2.05) is 0 Å². The van der Waals surface area contributed by atoms with Gasteiger partial charge in [-0.15, -0.1) is 0 Å². The summed E-state index contributed by atoms with van der Waals surface area (Å²) in [5.41, 5.74) is 0. The van der Waals surface area contributed by atoms with Crippen molar-refractivity contribution in [1.29, 1.82) is 0 Å². The highest BCUT2D eigenvalue weighted by atomic mass is 16.8. The first kappa shape index (κ1) is 14.9. The lowest BCUT2D eigenvalue weighted by Crippen LogP contribution is -2.58. The van der Waals surface area contributed by atoms with Gasteiger partial charge in [-0.1, -0.05) is 13.3 Å². The van der Waals surface area contributed by atoms with Gasteiger partial charge in [-0.05, 0) is 20.3 Å². The zero-order valence-corrected chi connectivity index (χ0v) is 11.6. The van der Waals surface area contributed by atoms with Crippen molar-refractivity contribution in [3.63, 3.8) is 0 Å². The van der Waals surface area contributed by atoms with Crippen molar-refractivity contribution in [2.45, 2.75) is 70.1 Å². The molecule has 2 aliphatic heterocycles. The van der Waals surface area contributed by atoms with Gasteiger partial charge < -0.3 is 28.8 Å². The molecule has 0 saturated carbocycles. The number of rotatable bonds is 5. The van der Waals surface area contributed by atoms with E-state index < -0.39 is 36.5 Å². The number of hydrogen-bond donors (Lipinski definition) is 1. The van der Waals surface area contributed by atoms with Crippen molar-refractivity contribution < 1.29 is 28.8 Å². The maximum absolute atomic E-state index is 11.0. The summed E-state index contributed by atoms with van der Waals surface area (Å²) in [6.45, 7) is 6.09. The molecule has 0 spiro atoms. The first-order chi connectivity index (χ1) is 8.98. The van der Waals surface area contributed by atoms with E-state index in [9.17, 15) is 9.90 Å². The first-order valence-corrected chi connectivity index (χ1v) is 6.74. The smallest absolute Gasteiger partial charge is 0.190 e. The average Bonchev–Trinajstić information content (AvgIpc) is 2.66. The Morgan fingerprint density at radius 1 is 1.37 bits per heavy atom. The summed E-state index contributed by atoms with van der Waals surface area (Å²) >= 11 is 0. The van der Waals surface area contributed by atoms with Crippen LogP contribution in [0.15, 0.2) is 0 Å². The Bertz CT molecular complexity index is 318. The maximum atomic E-state index is 11.0. The SMILES string of the molecule is CCCCOC1C2OC(C)(C)O[C@@H]2OC(C=O)[C@H]1O. The Balaban J connectivity index is 2.09. The molecular formula is C13H22O6. The fraction of sp³-hybridized carbons (Fsp3) is 0.923. The van der Waals surface area contributed by atoms with E-state index in [-0.39, 0.29) is 0 Å². The Hall–Kier alpha value is -0.530. The molecule has 0 bridgehead atoms. The van der Waals surface area contributed by atoms with Gasteiger partial charge in [-0.3, -0.25) is 0 Å². The summed E-state index contributed by atoms with van der Waals surface area (Å²) in [6, 6.07) is 0. The number of carbonyl (C=O) groups excluding carboxylic acids is 1. The molecule has 6 nitrogen and oxygen atoms in total. The fourth-order valence-corrected chi connectivity index (χ4v) is 2.37. The van der Waals surface area contributed by atoms with E-state index in [0.717, 1.165) is 12.8 Å².